The number of amides is 1. The number of carbonyl (C=O) groups excluding carboxylic acids is 1. The molecule has 0 aliphatic heterocycles. The van der Waals surface area contributed by atoms with E-state index in [0.29, 0.717) is 15.8 Å². The summed E-state index contributed by atoms with van der Waals surface area (Å²) >= 11 is 10.1. The van der Waals surface area contributed by atoms with Gasteiger partial charge in [0.2, 0.25) is 0 Å². The van der Waals surface area contributed by atoms with Crippen LogP contribution in [0.1, 0.15) is 54.2 Å². The van der Waals surface area contributed by atoms with Crippen molar-refractivity contribution in [2.24, 2.45) is 0 Å². The van der Waals surface area contributed by atoms with Gasteiger partial charge in [-0.05, 0) is 43.9 Å². The summed E-state index contributed by atoms with van der Waals surface area (Å²) in [5, 5.41) is 7.48. The number of nitrogens with zero attached hydrogens (tertiary/aromatic N) is 2. The number of benzene rings is 1. The first kappa shape index (κ1) is 19.5. The van der Waals surface area contributed by atoms with Crippen LogP contribution in [-0.4, -0.2) is 20.9 Å². The van der Waals surface area contributed by atoms with Crippen molar-refractivity contribution in [1.29, 1.82) is 0 Å². The fraction of sp³-hybridized carbons (Fsp3) is 0.412. The quantitative estimate of drug-likeness (QED) is 0.478. The topological polar surface area (TPSA) is 46.9 Å². The molecule has 1 saturated carbocycles. The van der Waals surface area contributed by atoms with Gasteiger partial charge in [-0.3, -0.25) is 9.48 Å². The monoisotopic (exact) mass is 417 g/mol. The lowest BCUT2D eigenvalue weighted by molar-refractivity contribution is 0.102. The van der Waals surface area contributed by atoms with Crippen LogP contribution in [0.3, 0.4) is 0 Å². The number of thiol groups is 1. The third-order valence-corrected chi connectivity index (χ3v) is 6.37. The summed E-state index contributed by atoms with van der Waals surface area (Å²) in [6.45, 7) is 0. The standard InChI is InChI=1S/C17H18ClF2N3OS2/c18-11-3-1-2-10(8-11)17(24)21-14-9-23(22-15(14)16(19)20)12-4-6-13(26-25)7-5-12/h1-3,8-9,12-13,16,25H,4-7H2,(H,21,24). The smallest absolute Gasteiger partial charge is 0.284 e. The Labute approximate surface area is 164 Å². The predicted molar refractivity (Wildman–Crippen MR) is 104 cm³/mol. The SMILES string of the molecule is O=C(Nc1cn(C2CCC(SS)CC2)nc1C(F)F)c1cccc(Cl)c1. The van der Waals surface area contributed by atoms with E-state index < -0.39 is 18.0 Å². The maximum atomic E-state index is 13.4. The highest BCUT2D eigenvalue weighted by molar-refractivity contribution is 8.68. The zero-order valence-electron chi connectivity index (χ0n) is 13.7. The van der Waals surface area contributed by atoms with Crippen molar-refractivity contribution >= 4 is 45.7 Å². The van der Waals surface area contributed by atoms with Crippen molar-refractivity contribution in [1.82, 2.24) is 9.78 Å². The summed E-state index contributed by atoms with van der Waals surface area (Å²) in [5.41, 5.74) is -0.0708. The molecule has 1 amide bonds. The molecule has 140 valence electrons. The molecule has 1 aromatic carbocycles. The highest BCUT2D eigenvalue weighted by Crippen LogP contribution is 2.37. The first-order chi connectivity index (χ1) is 12.5. The average Bonchev–Trinajstić information content (AvgIpc) is 3.06. The van der Waals surface area contributed by atoms with Crippen LogP contribution in [0.4, 0.5) is 14.5 Å². The molecule has 1 aromatic heterocycles. The van der Waals surface area contributed by atoms with Crippen LogP contribution in [0.2, 0.25) is 5.02 Å². The minimum absolute atomic E-state index is 0.0377. The fourth-order valence-electron chi connectivity index (χ4n) is 3.09. The van der Waals surface area contributed by atoms with Gasteiger partial charge in [0.25, 0.3) is 12.3 Å². The van der Waals surface area contributed by atoms with Crippen LogP contribution in [0.25, 0.3) is 0 Å². The molecule has 1 fully saturated rings. The second-order valence-corrected chi connectivity index (χ2v) is 8.16. The van der Waals surface area contributed by atoms with Gasteiger partial charge in [-0.15, -0.1) is 11.7 Å². The Bertz CT molecular complexity index is 779. The molecule has 4 nitrogen and oxygen atoms in total. The minimum atomic E-state index is -2.77. The normalized spacial score (nSPS) is 20.3. The molecule has 1 N–H and O–H groups in total. The van der Waals surface area contributed by atoms with Gasteiger partial charge >= 0.3 is 0 Å². The number of hydrogen-bond acceptors (Lipinski definition) is 4. The van der Waals surface area contributed by atoms with Gasteiger partial charge in [-0.2, -0.15) is 5.10 Å². The zero-order chi connectivity index (χ0) is 18.7. The molecule has 2 aromatic rings. The van der Waals surface area contributed by atoms with E-state index in [2.05, 4.69) is 22.1 Å². The highest BCUT2D eigenvalue weighted by Gasteiger charge is 2.26. The molecule has 1 aliphatic rings. The van der Waals surface area contributed by atoms with Gasteiger partial charge < -0.3 is 5.32 Å². The molecule has 0 radical (unpaired) electrons. The Morgan fingerprint density at radius 3 is 2.69 bits per heavy atom. The summed E-state index contributed by atoms with van der Waals surface area (Å²) < 4.78 is 28.3. The number of nitrogens with one attached hydrogen (secondary N) is 1. The Kier molecular flexibility index (Phi) is 6.47. The summed E-state index contributed by atoms with van der Waals surface area (Å²) in [4.78, 5) is 12.3. The van der Waals surface area contributed by atoms with E-state index in [-0.39, 0.29) is 11.7 Å². The number of hydrogen-bond donors (Lipinski definition) is 2. The Morgan fingerprint density at radius 1 is 1.35 bits per heavy atom. The summed E-state index contributed by atoms with van der Waals surface area (Å²) in [5.74, 6) is -0.496. The number of rotatable bonds is 5. The largest absolute Gasteiger partial charge is 0.319 e. The van der Waals surface area contributed by atoms with Gasteiger partial charge in [0.1, 0.15) is 0 Å². The maximum absolute atomic E-state index is 13.4. The molecule has 26 heavy (non-hydrogen) atoms. The van der Waals surface area contributed by atoms with Crippen LogP contribution >= 0.6 is 34.1 Å². The lowest BCUT2D eigenvalue weighted by Crippen LogP contribution is -2.19. The molecule has 0 bridgehead atoms. The number of carbonyl (C=O) groups is 1. The third kappa shape index (κ3) is 4.53. The van der Waals surface area contributed by atoms with Crippen LogP contribution in [0.15, 0.2) is 30.5 Å². The Morgan fingerprint density at radius 2 is 2.08 bits per heavy atom. The molecule has 1 aliphatic carbocycles. The first-order valence-corrected chi connectivity index (χ1v) is 10.5. The van der Waals surface area contributed by atoms with E-state index in [4.69, 9.17) is 11.6 Å². The van der Waals surface area contributed by atoms with Gasteiger partial charge in [0.15, 0.2) is 5.69 Å². The van der Waals surface area contributed by atoms with Gasteiger partial charge in [-0.1, -0.05) is 28.5 Å². The van der Waals surface area contributed by atoms with Crippen LogP contribution in [-0.2, 0) is 0 Å². The Hall–Kier alpha value is -1.25. The van der Waals surface area contributed by atoms with Crippen molar-refractivity contribution in [3.8, 4) is 0 Å². The minimum Gasteiger partial charge on any atom is -0.319 e. The van der Waals surface area contributed by atoms with Crippen molar-refractivity contribution in [2.75, 3.05) is 5.32 Å². The molecule has 0 saturated heterocycles. The second kappa shape index (κ2) is 8.63. The molecular formula is C17H18ClF2N3OS2. The number of halogens is 3. The molecule has 0 spiro atoms. The fourth-order valence-corrected chi connectivity index (χ4v) is 4.40. The molecule has 9 heteroatoms. The van der Waals surface area contributed by atoms with Crippen molar-refractivity contribution in [3.63, 3.8) is 0 Å². The Balaban J connectivity index is 1.78. The molecule has 0 atom stereocenters. The van der Waals surface area contributed by atoms with Gasteiger partial charge in [0, 0.05) is 22.0 Å². The maximum Gasteiger partial charge on any atom is 0.284 e. The predicted octanol–water partition coefficient (Wildman–Crippen LogP) is 5.79. The van der Waals surface area contributed by atoms with E-state index in [1.54, 1.807) is 33.7 Å². The van der Waals surface area contributed by atoms with Crippen molar-refractivity contribution < 1.29 is 13.6 Å². The van der Waals surface area contributed by atoms with Crippen molar-refractivity contribution in [2.45, 2.75) is 43.4 Å². The van der Waals surface area contributed by atoms with Crippen LogP contribution < -0.4 is 5.32 Å². The van der Waals surface area contributed by atoms with Gasteiger partial charge in [-0.25, -0.2) is 8.78 Å². The number of anilines is 1. The molecule has 3 rings (SSSR count). The first-order valence-electron chi connectivity index (χ1n) is 8.22. The number of aromatic nitrogens is 2. The lowest BCUT2D eigenvalue weighted by Gasteiger charge is -2.27. The van der Waals surface area contributed by atoms with E-state index in [9.17, 15) is 13.6 Å². The number of alkyl halides is 2. The lowest BCUT2D eigenvalue weighted by atomic mass is 9.95. The van der Waals surface area contributed by atoms with E-state index in [0.717, 1.165) is 25.7 Å². The van der Waals surface area contributed by atoms with Gasteiger partial charge in [0.05, 0.1) is 11.7 Å². The zero-order valence-corrected chi connectivity index (χ0v) is 16.2. The van der Waals surface area contributed by atoms with Crippen LogP contribution in [0, 0.1) is 0 Å². The molecule has 0 unspecified atom stereocenters. The summed E-state index contributed by atoms with van der Waals surface area (Å²) in [6, 6.07) is 6.39. The summed E-state index contributed by atoms with van der Waals surface area (Å²) in [7, 11) is 1.54. The molecular weight excluding hydrogens is 400 g/mol. The third-order valence-electron chi connectivity index (χ3n) is 4.47. The van der Waals surface area contributed by atoms with Crippen LogP contribution in [0.5, 0.6) is 0 Å². The molecule has 1 heterocycles. The highest BCUT2D eigenvalue weighted by atomic mass is 35.5. The summed E-state index contributed by atoms with van der Waals surface area (Å²) in [6.07, 6.45) is 2.37. The van der Waals surface area contributed by atoms with Crippen molar-refractivity contribution in [3.05, 3.63) is 46.7 Å². The van der Waals surface area contributed by atoms with E-state index in [1.165, 1.54) is 12.3 Å². The average molecular weight is 418 g/mol. The van der Waals surface area contributed by atoms with E-state index >= 15 is 0 Å². The van der Waals surface area contributed by atoms with E-state index in [1.807, 2.05) is 0 Å². The second-order valence-electron chi connectivity index (χ2n) is 6.21.